The molecule has 2 rings (SSSR count). The Hall–Kier alpha value is -1.95. The quantitative estimate of drug-likeness (QED) is 0.460. The molecule has 1 aromatic rings. The number of guanidine groups is 1. The van der Waals surface area contributed by atoms with Crippen LogP contribution in [0.25, 0.3) is 0 Å². The molecule has 0 unspecified atom stereocenters. The SMILES string of the molecule is CN=C(NCCOc1ccccc1Cl)N1CCC(CC(=O)NC)CC1. The maximum absolute atomic E-state index is 11.5. The molecule has 1 aromatic carbocycles. The lowest BCUT2D eigenvalue weighted by Gasteiger charge is -2.34. The number of nitrogens with zero attached hydrogens (tertiary/aromatic N) is 2. The minimum absolute atomic E-state index is 0.123. The molecular formula is C18H27ClN4O2. The summed E-state index contributed by atoms with van der Waals surface area (Å²) in [6, 6.07) is 7.44. The monoisotopic (exact) mass is 366 g/mol. The number of carbonyl (C=O) groups excluding carboxylic acids is 1. The molecule has 6 nitrogen and oxygen atoms in total. The highest BCUT2D eigenvalue weighted by Crippen LogP contribution is 2.23. The first-order valence-corrected chi connectivity index (χ1v) is 9.05. The zero-order chi connectivity index (χ0) is 18.1. The van der Waals surface area contributed by atoms with Gasteiger partial charge in [0.1, 0.15) is 12.4 Å². The molecule has 1 heterocycles. The first kappa shape index (κ1) is 19.4. The van der Waals surface area contributed by atoms with E-state index in [1.54, 1.807) is 14.1 Å². The Kier molecular flexibility index (Phi) is 7.85. The van der Waals surface area contributed by atoms with Gasteiger partial charge in [0.2, 0.25) is 5.91 Å². The summed E-state index contributed by atoms with van der Waals surface area (Å²) in [5.41, 5.74) is 0. The highest BCUT2D eigenvalue weighted by Gasteiger charge is 2.22. The molecule has 138 valence electrons. The third-order valence-corrected chi connectivity index (χ3v) is 4.67. The lowest BCUT2D eigenvalue weighted by molar-refractivity contribution is -0.121. The van der Waals surface area contributed by atoms with Crippen molar-refractivity contribution < 1.29 is 9.53 Å². The number of para-hydroxylation sites is 1. The second kappa shape index (κ2) is 10.1. The second-order valence-corrected chi connectivity index (χ2v) is 6.47. The molecular weight excluding hydrogens is 340 g/mol. The van der Waals surface area contributed by atoms with Crippen LogP contribution in [-0.4, -0.2) is 57.1 Å². The molecule has 0 saturated carbocycles. The number of amides is 1. The maximum Gasteiger partial charge on any atom is 0.220 e. The van der Waals surface area contributed by atoms with Crippen molar-refractivity contribution in [2.24, 2.45) is 10.9 Å². The fourth-order valence-corrected chi connectivity index (χ4v) is 3.12. The number of piperidine rings is 1. The van der Waals surface area contributed by atoms with Crippen LogP contribution in [0.1, 0.15) is 19.3 Å². The van der Waals surface area contributed by atoms with Crippen molar-refractivity contribution in [2.45, 2.75) is 19.3 Å². The molecule has 0 atom stereocenters. The van der Waals surface area contributed by atoms with Crippen molar-refractivity contribution >= 4 is 23.5 Å². The summed E-state index contributed by atoms with van der Waals surface area (Å²) in [4.78, 5) is 18.1. The molecule has 0 aromatic heterocycles. The van der Waals surface area contributed by atoms with Crippen LogP contribution in [0.4, 0.5) is 0 Å². The van der Waals surface area contributed by atoms with Gasteiger partial charge in [-0.05, 0) is 30.9 Å². The van der Waals surface area contributed by atoms with E-state index in [9.17, 15) is 4.79 Å². The number of likely N-dealkylation sites (tertiary alicyclic amines) is 1. The Morgan fingerprint density at radius 1 is 1.36 bits per heavy atom. The summed E-state index contributed by atoms with van der Waals surface area (Å²) in [5, 5.41) is 6.64. The molecule has 0 spiro atoms. The van der Waals surface area contributed by atoms with E-state index in [0.717, 1.165) is 31.9 Å². The first-order chi connectivity index (χ1) is 12.1. The summed E-state index contributed by atoms with van der Waals surface area (Å²) >= 11 is 6.07. The van der Waals surface area contributed by atoms with Crippen LogP contribution < -0.4 is 15.4 Å². The molecule has 1 amide bonds. The second-order valence-electron chi connectivity index (χ2n) is 6.06. The van der Waals surface area contributed by atoms with Gasteiger partial charge in [-0.15, -0.1) is 0 Å². The average Bonchev–Trinajstić information content (AvgIpc) is 2.64. The first-order valence-electron chi connectivity index (χ1n) is 8.67. The molecule has 1 aliphatic rings. The molecule has 0 aliphatic carbocycles. The minimum atomic E-state index is 0.123. The summed E-state index contributed by atoms with van der Waals surface area (Å²) in [6.45, 7) is 2.98. The van der Waals surface area contributed by atoms with Crippen LogP contribution in [-0.2, 0) is 4.79 Å². The fraction of sp³-hybridized carbons (Fsp3) is 0.556. The van der Waals surface area contributed by atoms with Gasteiger partial charge in [-0.2, -0.15) is 0 Å². The number of rotatable bonds is 6. The van der Waals surface area contributed by atoms with Crippen molar-refractivity contribution in [1.29, 1.82) is 0 Å². The highest BCUT2D eigenvalue weighted by atomic mass is 35.5. The number of ether oxygens (including phenoxy) is 1. The zero-order valence-corrected chi connectivity index (χ0v) is 15.7. The Labute approximate surface area is 154 Å². The van der Waals surface area contributed by atoms with Crippen molar-refractivity contribution in [2.75, 3.05) is 40.3 Å². The summed E-state index contributed by atoms with van der Waals surface area (Å²) in [7, 11) is 3.47. The van der Waals surface area contributed by atoms with E-state index in [2.05, 4.69) is 20.5 Å². The van der Waals surface area contributed by atoms with E-state index < -0.39 is 0 Å². The molecule has 1 fully saturated rings. The average molecular weight is 367 g/mol. The van der Waals surface area contributed by atoms with Crippen molar-refractivity contribution in [3.63, 3.8) is 0 Å². The normalized spacial score (nSPS) is 15.8. The van der Waals surface area contributed by atoms with Gasteiger partial charge in [-0.1, -0.05) is 23.7 Å². The number of benzene rings is 1. The Morgan fingerprint density at radius 2 is 2.08 bits per heavy atom. The number of hydrogen-bond acceptors (Lipinski definition) is 3. The lowest BCUT2D eigenvalue weighted by atomic mass is 9.93. The van der Waals surface area contributed by atoms with Crippen LogP contribution >= 0.6 is 11.6 Å². The Balaban J connectivity index is 1.71. The van der Waals surface area contributed by atoms with Crippen LogP contribution in [0, 0.1) is 5.92 Å². The topological polar surface area (TPSA) is 66.0 Å². The smallest absolute Gasteiger partial charge is 0.220 e. The molecule has 2 N–H and O–H groups in total. The van der Waals surface area contributed by atoms with Gasteiger partial charge in [-0.3, -0.25) is 9.79 Å². The Morgan fingerprint density at radius 3 is 2.72 bits per heavy atom. The maximum atomic E-state index is 11.5. The van der Waals surface area contributed by atoms with E-state index >= 15 is 0 Å². The van der Waals surface area contributed by atoms with Crippen LogP contribution in [0.2, 0.25) is 5.02 Å². The van der Waals surface area contributed by atoms with Gasteiger partial charge in [0, 0.05) is 33.6 Å². The molecule has 1 aliphatic heterocycles. The number of hydrogen-bond donors (Lipinski definition) is 2. The molecule has 0 radical (unpaired) electrons. The van der Waals surface area contributed by atoms with Gasteiger partial charge in [0.25, 0.3) is 0 Å². The molecule has 1 saturated heterocycles. The van der Waals surface area contributed by atoms with Crippen LogP contribution in [0.15, 0.2) is 29.3 Å². The van der Waals surface area contributed by atoms with E-state index in [4.69, 9.17) is 16.3 Å². The van der Waals surface area contributed by atoms with E-state index in [1.807, 2.05) is 24.3 Å². The summed E-state index contributed by atoms with van der Waals surface area (Å²) in [6.07, 6.45) is 2.62. The third kappa shape index (κ3) is 6.12. The number of aliphatic imine (C=N–C) groups is 1. The van der Waals surface area contributed by atoms with Crippen molar-refractivity contribution in [3.05, 3.63) is 29.3 Å². The van der Waals surface area contributed by atoms with Gasteiger partial charge in [0.05, 0.1) is 11.6 Å². The number of halogens is 1. The highest BCUT2D eigenvalue weighted by molar-refractivity contribution is 6.32. The van der Waals surface area contributed by atoms with E-state index in [1.165, 1.54) is 0 Å². The predicted octanol–water partition coefficient (Wildman–Crippen LogP) is 2.14. The van der Waals surface area contributed by atoms with E-state index in [0.29, 0.717) is 36.3 Å². The number of nitrogens with one attached hydrogen (secondary N) is 2. The van der Waals surface area contributed by atoms with Crippen LogP contribution in [0.5, 0.6) is 5.75 Å². The summed E-state index contributed by atoms with van der Waals surface area (Å²) in [5.74, 6) is 2.15. The van der Waals surface area contributed by atoms with Crippen molar-refractivity contribution in [3.8, 4) is 5.75 Å². The fourth-order valence-electron chi connectivity index (χ4n) is 2.93. The minimum Gasteiger partial charge on any atom is -0.490 e. The Bertz CT molecular complexity index is 586. The van der Waals surface area contributed by atoms with Gasteiger partial charge >= 0.3 is 0 Å². The van der Waals surface area contributed by atoms with Crippen molar-refractivity contribution in [1.82, 2.24) is 15.5 Å². The lowest BCUT2D eigenvalue weighted by Crippen LogP contribution is -2.46. The standard InChI is InChI=1S/C18H27ClN4O2/c1-20-17(24)13-14-7-10-23(11-8-14)18(21-2)22-9-12-25-16-6-4-3-5-15(16)19/h3-6,14H,7-13H2,1-2H3,(H,20,24)(H,21,22). The largest absolute Gasteiger partial charge is 0.490 e. The number of carbonyl (C=O) groups is 1. The van der Waals surface area contributed by atoms with Crippen LogP contribution in [0.3, 0.4) is 0 Å². The summed E-state index contributed by atoms with van der Waals surface area (Å²) < 4.78 is 5.68. The predicted molar refractivity (Wildman–Crippen MR) is 101 cm³/mol. The zero-order valence-electron chi connectivity index (χ0n) is 14.9. The van der Waals surface area contributed by atoms with Gasteiger partial charge in [-0.25, -0.2) is 0 Å². The molecule has 25 heavy (non-hydrogen) atoms. The van der Waals surface area contributed by atoms with E-state index in [-0.39, 0.29) is 5.91 Å². The van der Waals surface area contributed by atoms with Gasteiger partial charge in [0.15, 0.2) is 5.96 Å². The molecule has 0 bridgehead atoms. The molecule has 7 heteroatoms. The third-order valence-electron chi connectivity index (χ3n) is 4.36. The van der Waals surface area contributed by atoms with Gasteiger partial charge < -0.3 is 20.3 Å².